The maximum absolute atomic E-state index is 12.3. The minimum absolute atomic E-state index is 0.0917. The maximum atomic E-state index is 12.3. The number of ketones is 1. The van der Waals surface area contributed by atoms with Crippen molar-refractivity contribution >= 4 is 11.8 Å². The highest BCUT2D eigenvalue weighted by molar-refractivity contribution is 5.84. The molecular weight excluding hydrogens is 384 g/mol. The van der Waals surface area contributed by atoms with Crippen molar-refractivity contribution in [2.45, 2.75) is 83.0 Å². The van der Waals surface area contributed by atoms with E-state index in [0.717, 1.165) is 36.8 Å². The molecule has 3 N–H and O–H groups in total. The standard InChI is InChI=1S/C24H36O6/c1-30-16-18-8-6-7-17(13-18)14-19(25)11-12-21-20(22(26)15-23(21)27)9-4-2-3-5-10-24(28)29/h6-8,13,19-21,23,25,27H,2-5,9-12,14-16H2,1H3,(H,28,29)/t19-,20+,21+,23+/m0/s1. The monoisotopic (exact) mass is 420 g/mol. The Hall–Kier alpha value is -1.76. The number of ether oxygens (including phenoxy) is 1. The number of carbonyl (C=O) groups is 2. The summed E-state index contributed by atoms with van der Waals surface area (Å²) >= 11 is 0. The number of Topliss-reactive ketones (excluding diaryl/α,β-unsaturated/α-hetero) is 1. The van der Waals surface area contributed by atoms with E-state index in [9.17, 15) is 19.8 Å². The second-order valence-corrected chi connectivity index (χ2v) is 8.54. The van der Waals surface area contributed by atoms with Crippen molar-refractivity contribution in [3.8, 4) is 0 Å². The predicted molar refractivity (Wildman–Crippen MR) is 114 cm³/mol. The van der Waals surface area contributed by atoms with Crippen molar-refractivity contribution in [1.29, 1.82) is 0 Å². The summed E-state index contributed by atoms with van der Waals surface area (Å²) in [6, 6.07) is 7.98. The van der Waals surface area contributed by atoms with Crippen LogP contribution in [0.4, 0.5) is 0 Å². The topological polar surface area (TPSA) is 104 Å². The number of rotatable bonds is 14. The Kier molecular flexibility index (Phi) is 10.5. The van der Waals surface area contributed by atoms with Crippen molar-refractivity contribution in [2.75, 3.05) is 7.11 Å². The van der Waals surface area contributed by atoms with Crippen LogP contribution in [0.3, 0.4) is 0 Å². The van der Waals surface area contributed by atoms with Crippen LogP contribution < -0.4 is 0 Å². The first-order chi connectivity index (χ1) is 14.4. The lowest BCUT2D eigenvalue weighted by Crippen LogP contribution is -2.23. The summed E-state index contributed by atoms with van der Waals surface area (Å²) in [5.74, 6) is -0.879. The van der Waals surface area contributed by atoms with Gasteiger partial charge in [-0.1, -0.05) is 43.5 Å². The molecule has 0 aromatic heterocycles. The third-order valence-electron chi connectivity index (χ3n) is 6.10. The Morgan fingerprint density at radius 3 is 2.63 bits per heavy atom. The van der Waals surface area contributed by atoms with Gasteiger partial charge in [0, 0.05) is 25.9 Å². The van der Waals surface area contributed by atoms with Crippen molar-refractivity contribution in [3.63, 3.8) is 0 Å². The Balaban J connectivity index is 1.77. The number of carboxylic acid groups (broad SMARTS) is 1. The third kappa shape index (κ3) is 8.17. The Bertz CT molecular complexity index is 673. The highest BCUT2D eigenvalue weighted by Crippen LogP contribution is 2.36. The van der Waals surface area contributed by atoms with Gasteiger partial charge in [0.2, 0.25) is 0 Å². The first kappa shape index (κ1) is 24.5. The van der Waals surface area contributed by atoms with Crippen molar-refractivity contribution in [3.05, 3.63) is 35.4 Å². The molecule has 1 aliphatic carbocycles. The highest BCUT2D eigenvalue weighted by atomic mass is 16.5. The smallest absolute Gasteiger partial charge is 0.303 e. The molecule has 1 aromatic carbocycles. The molecule has 0 aliphatic heterocycles. The van der Waals surface area contributed by atoms with Gasteiger partial charge in [-0.05, 0) is 49.1 Å². The highest BCUT2D eigenvalue weighted by Gasteiger charge is 2.40. The van der Waals surface area contributed by atoms with Gasteiger partial charge in [-0.25, -0.2) is 0 Å². The summed E-state index contributed by atoms with van der Waals surface area (Å²) in [6.45, 7) is 0.540. The SMILES string of the molecule is COCc1cccc(C[C@@H](O)CC[C@H]2[C@H](O)CC(=O)[C@@H]2CCCCCCC(=O)O)c1. The molecule has 2 rings (SSSR count). The van der Waals surface area contributed by atoms with Crippen LogP contribution in [-0.2, 0) is 27.4 Å². The van der Waals surface area contributed by atoms with Crippen molar-refractivity contribution < 1.29 is 29.6 Å². The van der Waals surface area contributed by atoms with Gasteiger partial charge in [0.25, 0.3) is 0 Å². The predicted octanol–water partition coefficient (Wildman–Crippen LogP) is 3.51. The molecule has 0 bridgehead atoms. The summed E-state index contributed by atoms with van der Waals surface area (Å²) in [4.78, 5) is 22.9. The first-order valence-electron chi connectivity index (χ1n) is 11.1. The van der Waals surface area contributed by atoms with Gasteiger partial charge in [0.05, 0.1) is 18.8 Å². The summed E-state index contributed by atoms with van der Waals surface area (Å²) in [5, 5.41) is 29.5. The van der Waals surface area contributed by atoms with Crippen LogP contribution in [0, 0.1) is 11.8 Å². The quantitative estimate of drug-likeness (QED) is 0.398. The number of carbonyl (C=O) groups excluding carboxylic acids is 1. The largest absolute Gasteiger partial charge is 0.481 e. The van der Waals surface area contributed by atoms with E-state index in [1.807, 2.05) is 24.3 Å². The van der Waals surface area contributed by atoms with Gasteiger partial charge in [-0.15, -0.1) is 0 Å². The van der Waals surface area contributed by atoms with Crippen LogP contribution in [0.2, 0.25) is 0 Å². The number of methoxy groups -OCH3 is 1. The second-order valence-electron chi connectivity index (χ2n) is 8.54. The van der Waals surface area contributed by atoms with Gasteiger partial charge < -0.3 is 20.1 Å². The van der Waals surface area contributed by atoms with Gasteiger partial charge in [0.1, 0.15) is 5.78 Å². The van der Waals surface area contributed by atoms with Gasteiger partial charge in [0.15, 0.2) is 0 Å². The number of hydrogen-bond donors (Lipinski definition) is 3. The fourth-order valence-electron chi connectivity index (χ4n) is 4.55. The third-order valence-corrected chi connectivity index (χ3v) is 6.10. The normalized spacial score (nSPS) is 22.4. The van der Waals surface area contributed by atoms with E-state index in [0.29, 0.717) is 32.3 Å². The summed E-state index contributed by atoms with van der Waals surface area (Å²) in [5.41, 5.74) is 2.13. The van der Waals surface area contributed by atoms with E-state index in [4.69, 9.17) is 9.84 Å². The zero-order valence-electron chi connectivity index (χ0n) is 18.0. The fourth-order valence-corrected chi connectivity index (χ4v) is 4.55. The molecule has 0 spiro atoms. The lowest BCUT2D eigenvalue weighted by molar-refractivity contribution is -0.137. The second kappa shape index (κ2) is 12.8. The number of aliphatic hydroxyl groups excluding tert-OH is 2. The van der Waals surface area contributed by atoms with Crippen LogP contribution in [0.5, 0.6) is 0 Å². The minimum Gasteiger partial charge on any atom is -0.481 e. The first-order valence-corrected chi connectivity index (χ1v) is 11.1. The van der Waals surface area contributed by atoms with Crippen LogP contribution in [0.15, 0.2) is 24.3 Å². The van der Waals surface area contributed by atoms with E-state index >= 15 is 0 Å². The average Bonchev–Trinajstić information content (AvgIpc) is 2.95. The van der Waals surface area contributed by atoms with Crippen LogP contribution >= 0.6 is 0 Å². The lowest BCUT2D eigenvalue weighted by Gasteiger charge is -2.22. The lowest BCUT2D eigenvalue weighted by atomic mass is 9.85. The zero-order valence-corrected chi connectivity index (χ0v) is 18.0. The van der Waals surface area contributed by atoms with E-state index in [1.165, 1.54) is 0 Å². The Labute approximate surface area is 179 Å². The average molecular weight is 421 g/mol. The van der Waals surface area contributed by atoms with E-state index in [-0.39, 0.29) is 30.5 Å². The molecule has 1 fully saturated rings. The number of carboxylic acids is 1. The minimum atomic E-state index is -0.770. The number of aliphatic hydroxyl groups is 2. The van der Waals surface area contributed by atoms with Crippen molar-refractivity contribution in [1.82, 2.24) is 0 Å². The van der Waals surface area contributed by atoms with Crippen LogP contribution in [-0.4, -0.2) is 46.4 Å². The molecule has 0 unspecified atom stereocenters. The number of benzene rings is 1. The molecule has 6 heteroatoms. The van der Waals surface area contributed by atoms with Crippen molar-refractivity contribution in [2.24, 2.45) is 11.8 Å². The van der Waals surface area contributed by atoms with E-state index in [2.05, 4.69) is 0 Å². The molecule has 0 heterocycles. The molecule has 1 aliphatic rings. The van der Waals surface area contributed by atoms with Gasteiger partial charge >= 0.3 is 5.97 Å². The van der Waals surface area contributed by atoms with E-state index < -0.39 is 18.2 Å². The van der Waals surface area contributed by atoms with Gasteiger partial charge in [-0.3, -0.25) is 9.59 Å². The summed E-state index contributed by atoms with van der Waals surface area (Å²) in [6.07, 6.45) is 5.03. The zero-order chi connectivity index (χ0) is 21.9. The number of aliphatic carboxylic acids is 1. The molecule has 0 saturated heterocycles. The number of unbranched alkanes of at least 4 members (excludes halogenated alkanes) is 3. The molecule has 6 nitrogen and oxygen atoms in total. The Morgan fingerprint density at radius 1 is 1.17 bits per heavy atom. The molecule has 1 aromatic rings. The van der Waals surface area contributed by atoms with Crippen LogP contribution in [0.25, 0.3) is 0 Å². The van der Waals surface area contributed by atoms with E-state index in [1.54, 1.807) is 7.11 Å². The van der Waals surface area contributed by atoms with Crippen LogP contribution in [0.1, 0.15) is 68.9 Å². The molecule has 4 atom stereocenters. The molecule has 168 valence electrons. The maximum Gasteiger partial charge on any atom is 0.303 e. The summed E-state index contributed by atoms with van der Waals surface area (Å²) < 4.78 is 5.15. The molecule has 1 saturated carbocycles. The number of hydrogen-bond acceptors (Lipinski definition) is 5. The summed E-state index contributed by atoms with van der Waals surface area (Å²) in [7, 11) is 1.65. The molecule has 0 amide bonds. The molecule has 30 heavy (non-hydrogen) atoms. The Morgan fingerprint density at radius 2 is 1.90 bits per heavy atom. The fraction of sp³-hybridized carbons (Fsp3) is 0.667. The van der Waals surface area contributed by atoms with Gasteiger partial charge in [-0.2, -0.15) is 0 Å². The molecule has 0 radical (unpaired) electrons. The molecular formula is C24H36O6.